The van der Waals surface area contributed by atoms with Gasteiger partial charge in [0.15, 0.2) is 0 Å². The van der Waals surface area contributed by atoms with Crippen LogP contribution in [-0.2, 0) is 42.5 Å². The Kier molecular flexibility index (Phi) is 45.0. The normalized spacial score (nSPS) is 15.8. The molecule has 0 heterocycles. The Morgan fingerprint density at radius 3 is 0.767 bits per heavy atom. The Labute approximate surface area is 263 Å². The van der Waals surface area contributed by atoms with Gasteiger partial charge in [0.25, 0.3) is 0 Å². The third kappa shape index (κ3) is 50.7. The second-order valence-corrected chi connectivity index (χ2v) is 22.6. The minimum Gasteiger partial charge on any atom is -0.389 e. The Morgan fingerprint density at radius 1 is 0.488 bits per heavy atom. The molecule has 13 heteroatoms. The summed E-state index contributed by atoms with van der Waals surface area (Å²) in [5.41, 5.74) is 0. The first kappa shape index (κ1) is 57.4. The van der Waals surface area contributed by atoms with E-state index in [1.165, 1.54) is 0 Å². The van der Waals surface area contributed by atoms with Crippen molar-refractivity contribution >= 4 is 39.9 Å². The molecule has 10 nitrogen and oxygen atoms in total. The standard InChI is InChI=1S/2C9H21OP.C8H19O2P.3CO2.CH4/c2*1-6-11(5,10)7-9(4)8(2)3;1-7(2)8(3)5-11(4,10)6-9;3*2-1-3;/h2*8-9H,6-7H2,1-5H3;7-9H,5-6H2,1-4H3;;;;1H4. The predicted molar refractivity (Wildman–Crippen MR) is 177 cm³/mol. The topological polar surface area (TPSA) is 174 Å². The smallest absolute Gasteiger partial charge is 0.373 e. The quantitative estimate of drug-likeness (QED) is 0.202. The van der Waals surface area contributed by atoms with Gasteiger partial charge in [-0.2, -0.15) is 28.8 Å². The van der Waals surface area contributed by atoms with E-state index in [0.717, 1.165) is 24.6 Å². The molecule has 0 fully saturated rings. The van der Waals surface area contributed by atoms with Gasteiger partial charge in [0.2, 0.25) is 0 Å². The van der Waals surface area contributed by atoms with Crippen molar-refractivity contribution in [2.24, 2.45) is 35.5 Å². The van der Waals surface area contributed by atoms with Gasteiger partial charge in [-0.15, -0.1) is 0 Å². The van der Waals surface area contributed by atoms with Gasteiger partial charge in [-0.1, -0.05) is 83.6 Å². The van der Waals surface area contributed by atoms with E-state index in [2.05, 4.69) is 62.3 Å². The maximum absolute atomic E-state index is 11.7. The van der Waals surface area contributed by atoms with E-state index >= 15 is 0 Å². The molecule has 0 saturated carbocycles. The van der Waals surface area contributed by atoms with Crippen LogP contribution in [0.5, 0.6) is 0 Å². The highest BCUT2D eigenvalue weighted by Crippen LogP contribution is 2.44. The molecule has 0 rings (SSSR count). The van der Waals surface area contributed by atoms with Crippen LogP contribution in [0, 0.1) is 35.5 Å². The number of hydrogen-bond acceptors (Lipinski definition) is 10. The van der Waals surface area contributed by atoms with E-state index < -0.39 is 21.4 Å². The summed E-state index contributed by atoms with van der Waals surface area (Å²) < 4.78 is 34.8. The molecule has 0 aromatic heterocycles. The lowest BCUT2D eigenvalue weighted by atomic mass is 10.0. The van der Waals surface area contributed by atoms with Crippen molar-refractivity contribution in [3.05, 3.63) is 0 Å². The van der Waals surface area contributed by atoms with Gasteiger partial charge < -0.3 is 18.8 Å². The number of aliphatic hydroxyl groups is 1. The van der Waals surface area contributed by atoms with Crippen molar-refractivity contribution in [2.45, 2.75) is 83.6 Å². The third-order valence-corrected chi connectivity index (χ3v) is 14.4. The summed E-state index contributed by atoms with van der Waals surface area (Å²) in [6.45, 7) is 29.0. The van der Waals surface area contributed by atoms with Crippen LogP contribution in [0.25, 0.3) is 0 Å². The number of aliphatic hydroxyl groups excluding tert-OH is 1. The van der Waals surface area contributed by atoms with Crippen molar-refractivity contribution in [1.29, 1.82) is 0 Å². The van der Waals surface area contributed by atoms with Crippen LogP contribution in [0.15, 0.2) is 0 Å². The zero-order chi connectivity index (χ0) is 35.3. The molecule has 260 valence electrons. The van der Waals surface area contributed by atoms with Crippen molar-refractivity contribution in [2.75, 3.05) is 57.2 Å². The molecule has 0 aliphatic carbocycles. The first-order chi connectivity index (χ1) is 18.9. The van der Waals surface area contributed by atoms with Gasteiger partial charge in [-0.3, -0.25) is 0 Å². The molecular weight excluding hydrogens is 613 g/mol. The van der Waals surface area contributed by atoms with Gasteiger partial charge in [0, 0.05) is 18.5 Å². The second-order valence-electron chi connectivity index (χ2n) is 12.1. The maximum atomic E-state index is 11.7. The summed E-state index contributed by atoms with van der Waals surface area (Å²) in [6, 6.07) is 0. The average Bonchev–Trinajstić information content (AvgIpc) is 2.85. The first-order valence-electron chi connectivity index (χ1n) is 14.2. The molecule has 0 amide bonds. The molecule has 0 aliphatic heterocycles. The lowest BCUT2D eigenvalue weighted by Gasteiger charge is -2.19. The molecule has 1 N–H and O–H groups in total. The SMILES string of the molecule is C.CC(C)C(C)CP(C)(=O)CO.CCP(C)(=O)CC(C)C(C)C.CCP(C)(=O)CC(C)C(C)C.O=C=O.O=C=O.O=C=O. The predicted octanol–water partition coefficient (Wildman–Crippen LogP) is 7.69. The van der Waals surface area contributed by atoms with Gasteiger partial charge >= 0.3 is 18.5 Å². The minimum atomic E-state index is -2.23. The summed E-state index contributed by atoms with van der Waals surface area (Å²) in [6.07, 6.45) is 4.81. The number of rotatable bonds is 12. The summed E-state index contributed by atoms with van der Waals surface area (Å²) in [4.78, 5) is 48.8. The molecule has 43 heavy (non-hydrogen) atoms. The third-order valence-electron chi connectivity index (χ3n) is 7.07. The van der Waals surface area contributed by atoms with Crippen molar-refractivity contribution < 1.29 is 47.6 Å². The zero-order valence-corrected chi connectivity index (χ0v) is 31.4. The Hall–Kier alpha value is -1.21. The van der Waals surface area contributed by atoms with Crippen LogP contribution >= 0.6 is 21.4 Å². The van der Waals surface area contributed by atoms with Crippen LogP contribution in [0.1, 0.15) is 83.6 Å². The zero-order valence-electron chi connectivity index (χ0n) is 28.7. The van der Waals surface area contributed by atoms with Crippen LogP contribution < -0.4 is 0 Å². The number of hydrogen-bond donors (Lipinski definition) is 1. The molecule has 0 aromatic rings. The Balaban J connectivity index is -0.0000000783. The molecule has 0 radical (unpaired) electrons. The fraction of sp³-hybridized carbons (Fsp3) is 0.900. The van der Waals surface area contributed by atoms with Crippen molar-refractivity contribution in [1.82, 2.24) is 0 Å². The monoisotopic (exact) mass is 678 g/mol. The largest absolute Gasteiger partial charge is 0.389 e. The fourth-order valence-electron chi connectivity index (χ4n) is 2.78. The van der Waals surface area contributed by atoms with Crippen molar-refractivity contribution in [3.63, 3.8) is 0 Å². The van der Waals surface area contributed by atoms with E-state index in [1.54, 1.807) is 6.66 Å². The highest BCUT2D eigenvalue weighted by atomic mass is 31.2. The van der Waals surface area contributed by atoms with Gasteiger partial charge in [-0.25, -0.2) is 0 Å². The van der Waals surface area contributed by atoms with Crippen LogP contribution in [0.3, 0.4) is 0 Å². The molecule has 6 unspecified atom stereocenters. The van der Waals surface area contributed by atoms with Gasteiger partial charge in [0.05, 0.1) is 20.6 Å². The first-order valence-corrected chi connectivity index (χ1v) is 21.7. The molecule has 0 bridgehead atoms. The van der Waals surface area contributed by atoms with Crippen molar-refractivity contribution in [3.8, 4) is 0 Å². The van der Waals surface area contributed by atoms with E-state index in [0.29, 0.717) is 41.7 Å². The highest BCUT2D eigenvalue weighted by Gasteiger charge is 2.20. The van der Waals surface area contributed by atoms with Gasteiger partial charge in [-0.05, 0) is 67.8 Å². The lowest BCUT2D eigenvalue weighted by molar-refractivity contribution is -0.193. The second kappa shape index (κ2) is 33.7. The summed E-state index contributed by atoms with van der Waals surface area (Å²) in [7, 11) is -5.79. The van der Waals surface area contributed by atoms with E-state index in [1.807, 2.05) is 27.2 Å². The molecule has 0 aliphatic rings. The number of carbonyl (C=O) groups excluding carboxylic acids is 6. The van der Waals surface area contributed by atoms with Gasteiger partial charge in [0.1, 0.15) is 7.14 Å². The van der Waals surface area contributed by atoms with Crippen LogP contribution in [0.2, 0.25) is 0 Å². The molecular formula is C30H65O10P3. The summed E-state index contributed by atoms with van der Waals surface area (Å²) in [5, 5.41) is 8.76. The molecule has 0 aromatic carbocycles. The lowest BCUT2D eigenvalue weighted by Crippen LogP contribution is -2.10. The van der Waals surface area contributed by atoms with Crippen LogP contribution in [-0.4, -0.2) is 80.7 Å². The molecule has 0 saturated heterocycles. The van der Waals surface area contributed by atoms with E-state index in [9.17, 15) is 13.7 Å². The molecule has 6 atom stereocenters. The molecule has 0 spiro atoms. The minimum absolute atomic E-state index is 0. The summed E-state index contributed by atoms with van der Waals surface area (Å²) in [5.74, 6) is 3.52. The average molecular weight is 679 g/mol. The Morgan fingerprint density at radius 2 is 0.651 bits per heavy atom. The maximum Gasteiger partial charge on any atom is 0.373 e. The summed E-state index contributed by atoms with van der Waals surface area (Å²) >= 11 is 0. The van der Waals surface area contributed by atoms with Crippen LogP contribution in [0.4, 0.5) is 0 Å². The van der Waals surface area contributed by atoms with E-state index in [-0.39, 0.29) is 32.2 Å². The fourth-order valence-corrected chi connectivity index (χ4v) is 8.33. The Bertz CT molecular complexity index is 769. The van der Waals surface area contributed by atoms with E-state index in [4.69, 9.17) is 33.9 Å². The highest BCUT2D eigenvalue weighted by molar-refractivity contribution is 7.63.